The van der Waals surface area contributed by atoms with Gasteiger partial charge >= 0.3 is 11.8 Å². The molecule has 2 atom stereocenters. The lowest BCUT2D eigenvalue weighted by molar-refractivity contribution is -0.383. The van der Waals surface area contributed by atoms with E-state index in [1.807, 2.05) is 20.8 Å². The maximum Gasteiger partial charge on any atom is 0.410 e. The van der Waals surface area contributed by atoms with Crippen LogP contribution in [0.4, 0.5) is 32.2 Å². The smallest absolute Gasteiger partial charge is 0.410 e. The summed E-state index contributed by atoms with van der Waals surface area (Å²) in [5.74, 6) is -1.19. The van der Waals surface area contributed by atoms with E-state index >= 15 is 0 Å². The third kappa shape index (κ3) is 5.89. The highest BCUT2D eigenvalue weighted by molar-refractivity contribution is 7.90. The first-order chi connectivity index (χ1) is 17.2. The Balaban J connectivity index is 1.53. The number of halogens is 1. The largest absolute Gasteiger partial charge is 0.444 e. The maximum atomic E-state index is 14.6. The van der Waals surface area contributed by atoms with Crippen LogP contribution in [0, 0.1) is 15.9 Å². The van der Waals surface area contributed by atoms with Gasteiger partial charge < -0.3 is 20.3 Å². The quantitative estimate of drug-likeness (QED) is 0.408. The Hall–Kier alpha value is -3.55. The number of piperidine rings is 1. The standard InChI is InChI=1S/C23H29FN6O6S/c1-23(2,3)36-22(31)29-14-5-6-15(29)10-13(9-14)27-20-19(30(32)33)21(26-12-25-20)28-18-8-7-16(11-17(18)24)37(4,34)35/h7-8,11-15H,5-6,9-10H2,1-4H3,(H2,25,26,27,28)/t14-,15-/m0/s1. The van der Waals surface area contributed by atoms with Crippen LogP contribution in [-0.2, 0) is 14.6 Å². The van der Waals surface area contributed by atoms with Crippen LogP contribution in [0.25, 0.3) is 0 Å². The molecule has 0 aliphatic carbocycles. The highest BCUT2D eigenvalue weighted by Gasteiger charge is 2.45. The van der Waals surface area contributed by atoms with Crippen molar-refractivity contribution < 1.29 is 27.3 Å². The Labute approximate surface area is 213 Å². The van der Waals surface area contributed by atoms with Crippen molar-refractivity contribution in [3.05, 3.63) is 40.5 Å². The minimum absolute atomic E-state index is 0.0363. The minimum atomic E-state index is -3.63. The summed E-state index contributed by atoms with van der Waals surface area (Å²) in [5.41, 5.74) is -1.26. The van der Waals surface area contributed by atoms with Gasteiger partial charge in [0.2, 0.25) is 11.6 Å². The van der Waals surface area contributed by atoms with Gasteiger partial charge in [-0.2, -0.15) is 0 Å². The molecule has 200 valence electrons. The van der Waals surface area contributed by atoms with E-state index in [0.29, 0.717) is 12.8 Å². The number of nitrogens with zero attached hydrogens (tertiary/aromatic N) is 4. The summed E-state index contributed by atoms with van der Waals surface area (Å²) < 4.78 is 43.5. The molecule has 1 aromatic carbocycles. The molecule has 2 saturated heterocycles. The lowest BCUT2D eigenvalue weighted by Crippen LogP contribution is -2.51. The van der Waals surface area contributed by atoms with E-state index in [4.69, 9.17) is 4.74 Å². The molecule has 2 fully saturated rings. The highest BCUT2D eigenvalue weighted by Crippen LogP contribution is 2.39. The molecular formula is C23H29FN6O6S. The molecule has 4 rings (SSSR count). The summed E-state index contributed by atoms with van der Waals surface area (Å²) in [7, 11) is -3.63. The second kappa shape index (κ2) is 9.72. The fraction of sp³-hybridized carbons (Fsp3) is 0.522. The van der Waals surface area contributed by atoms with Crippen LogP contribution in [0.5, 0.6) is 0 Å². The van der Waals surface area contributed by atoms with Crippen LogP contribution in [0.3, 0.4) is 0 Å². The van der Waals surface area contributed by atoms with E-state index in [0.717, 1.165) is 31.5 Å². The van der Waals surface area contributed by atoms with Gasteiger partial charge in [-0.25, -0.2) is 27.6 Å². The summed E-state index contributed by atoms with van der Waals surface area (Å²) in [6.07, 6.45) is 4.44. The molecular weight excluding hydrogens is 507 g/mol. The Morgan fingerprint density at radius 3 is 2.35 bits per heavy atom. The molecule has 2 aromatic rings. The van der Waals surface area contributed by atoms with Crippen LogP contribution in [0.1, 0.15) is 46.5 Å². The summed E-state index contributed by atoms with van der Waals surface area (Å²) in [4.78, 5) is 33.5. The van der Waals surface area contributed by atoms with Crippen LogP contribution < -0.4 is 10.6 Å². The van der Waals surface area contributed by atoms with E-state index in [1.165, 1.54) is 12.1 Å². The molecule has 0 saturated carbocycles. The second-order valence-corrected chi connectivity index (χ2v) is 12.3. The Morgan fingerprint density at radius 2 is 1.81 bits per heavy atom. The fourth-order valence-electron chi connectivity index (χ4n) is 4.81. The van der Waals surface area contributed by atoms with Crippen LogP contribution in [0.15, 0.2) is 29.4 Å². The molecule has 37 heavy (non-hydrogen) atoms. The van der Waals surface area contributed by atoms with Gasteiger partial charge in [0.25, 0.3) is 0 Å². The molecule has 1 amide bonds. The van der Waals surface area contributed by atoms with Gasteiger partial charge in [-0.1, -0.05) is 0 Å². The van der Waals surface area contributed by atoms with Gasteiger partial charge in [-0.05, 0) is 64.7 Å². The SMILES string of the molecule is CC(C)(C)OC(=O)N1[C@H]2CC[C@H]1CC(Nc1ncnc(Nc3ccc(S(C)(=O)=O)cc3F)c1[N+](=O)[O-])C2. The van der Waals surface area contributed by atoms with Crippen molar-refractivity contribution in [3.8, 4) is 0 Å². The monoisotopic (exact) mass is 536 g/mol. The Bertz CT molecular complexity index is 1320. The number of fused-ring (bicyclic) bond motifs is 2. The maximum absolute atomic E-state index is 14.6. The zero-order valence-electron chi connectivity index (χ0n) is 20.9. The molecule has 0 spiro atoms. The fourth-order valence-corrected chi connectivity index (χ4v) is 5.44. The average molecular weight is 537 g/mol. The van der Waals surface area contributed by atoms with E-state index in [-0.39, 0.29) is 46.4 Å². The molecule has 2 aliphatic heterocycles. The third-order valence-corrected chi connectivity index (χ3v) is 7.42. The highest BCUT2D eigenvalue weighted by atomic mass is 32.2. The number of nitro groups is 1. The zero-order valence-corrected chi connectivity index (χ0v) is 21.7. The van der Waals surface area contributed by atoms with Crippen molar-refractivity contribution in [1.82, 2.24) is 14.9 Å². The lowest BCUT2D eigenvalue weighted by Gasteiger charge is -2.39. The molecule has 0 radical (unpaired) electrons. The van der Waals surface area contributed by atoms with Gasteiger partial charge in [0, 0.05) is 24.4 Å². The van der Waals surface area contributed by atoms with Crippen molar-refractivity contribution in [2.24, 2.45) is 0 Å². The number of nitrogens with one attached hydrogen (secondary N) is 2. The number of hydrogen-bond donors (Lipinski definition) is 2. The second-order valence-electron chi connectivity index (χ2n) is 10.3. The first-order valence-corrected chi connectivity index (χ1v) is 13.7. The van der Waals surface area contributed by atoms with Gasteiger partial charge in [0.05, 0.1) is 15.5 Å². The number of benzene rings is 1. The van der Waals surface area contributed by atoms with E-state index < -0.39 is 31.9 Å². The van der Waals surface area contributed by atoms with Gasteiger partial charge in [0.15, 0.2) is 9.84 Å². The molecule has 12 nitrogen and oxygen atoms in total. The van der Waals surface area contributed by atoms with E-state index in [9.17, 15) is 27.7 Å². The number of hydrogen-bond acceptors (Lipinski definition) is 10. The summed E-state index contributed by atoms with van der Waals surface area (Å²) in [6.45, 7) is 5.44. The number of ether oxygens (including phenoxy) is 1. The van der Waals surface area contributed by atoms with Crippen LogP contribution >= 0.6 is 0 Å². The molecule has 2 N–H and O–H groups in total. The topological polar surface area (TPSA) is 157 Å². The normalized spacial score (nSPS) is 21.4. The van der Waals surface area contributed by atoms with Gasteiger partial charge in [0.1, 0.15) is 17.7 Å². The predicted octanol–water partition coefficient (Wildman–Crippen LogP) is 4.01. The van der Waals surface area contributed by atoms with Gasteiger partial charge in [-0.15, -0.1) is 0 Å². The molecule has 0 unspecified atom stereocenters. The molecule has 1 aromatic heterocycles. The van der Waals surface area contributed by atoms with Crippen LogP contribution in [-0.4, -0.2) is 64.3 Å². The van der Waals surface area contributed by atoms with Gasteiger partial charge in [-0.3, -0.25) is 10.1 Å². The van der Waals surface area contributed by atoms with Crippen molar-refractivity contribution in [3.63, 3.8) is 0 Å². The number of carbonyl (C=O) groups excluding carboxylic acids is 1. The zero-order chi connectivity index (χ0) is 27.1. The Morgan fingerprint density at radius 1 is 1.19 bits per heavy atom. The van der Waals surface area contributed by atoms with Crippen molar-refractivity contribution in [2.75, 3.05) is 16.9 Å². The minimum Gasteiger partial charge on any atom is -0.444 e. The summed E-state index contributed by atoms with van der Waals surface area (Å²) in [6, 6.07) is 2.89. The Kier molecular flexibility index (Phi) is 6.97. The molecule has 3 heterocycles. The first kappa shape index (κ1) is 26.5. The lowest BCUT2D eigenvalue weighted by atomic mass is 9.97. The van der Waals surface area contributed by atoms with Crippen molar-refractivity contribution in [2.45, 2.75) is 75.1 Å². The third-order valence-electron chi connectivity index (χ3n) is 6.30. The predicted molar refractivity (Wildman–Crippen MR) is 133 cm³/mol. The number of amides is 1. The molecule has 2 bridgehead atoms. The average Bonchev–Trinajstić information content (AvgIpc) is 3.04. The number of sulfone groups is 1. The van der Waals surface area contributed by atoms with E-state index in [1.54, 1.807) is 4.90 Å². The van der Waals surface area contributed by atoms with Crippen molar-refractivity contribution >= 4 is 38.9 Å². The summed E-state index contributed by atoms with van der Waals surface area (Å²) in [5, 5.41) is 17.7. The number of anilines is 3. The molecule has 2 aliphatic rings. The molecule has 14 heteroatoms. The number of aromatic nitrogens is 2. The van der Waals surface area contributed by atoms with E-state index in [2.05, 4.69) is 20.6 Å². The number of rotatable bonds is 6. The van der Waals surface area contributed by atoms with Crippen LogP contribution in [0.2, 0.25) is 0 Å². The van der Waals surface area contributed by atoms with Crippen molar-refractivity contribution in [1.29, 1.82) is 0 Å². The number of carbonyl (C=O) groups is 1. The summed E-state index contributed by atoms with van der Waals surface area (Å²) >= 11 is 0. The first-order valence-electron chi connectivity index (χ1n) is 11.8.